The first kappa shape index (κ1) is 17.4. The molecule has 20 heavy (non-hydrogen) atoms. The molecule has 0 aromatic heterocycles. The average molecular weight is 306 g/mol. The van der Waals surface area contributed by atoms with Crippen molar-refractivity contribution >= 4 is 15.8 Å². The van der Waals surface area contributed by atoms with Gasteiger partial charge in [-0.3, -0.25) is 4.79 Å². The van der Waals surface area contributed by atoms with Crippen molar-refractivity contribution in [3.63, 3.8) is 0 Å². The van der Waals surface area contributed by atoms with E-state index in [1.807, 2.05) is 20.8 Å². The van der Waals surface area contributed by atoms with Gasteiger partial charge in [-0.2, -0.15) is 0 Å². The van der Waals surface area contributed by atoms with Gasteiger partial charge in [-0.15, -0.1) is 0 Å². The normalized spacial score (nSPS) is 23.5. The lowest BCUT2D eigenvalue weighted by Gasteiger charge is -2.23. The van der Waals surface area contributed by atoms with E-state index >= 15 is 0 Å². The van der Waals surface area contributed by atoms with Crippen molar-refractivity contribution in [1.29, 1.82) is 0 Å². The Morgan fingerprint density at radius 3 is 2.50 bits per heavy atom. The lowest BCUT2D eigenvalue weighted by Crippen LogP contribution is -2.30. The second-order valence-electron chi connectivity index (χ2n) is 6.20. The molecule has 1 fully saturated rings. The van der Waals surface area contributed by atoms with Gasteiger partial charge in [0.2, 0.25) is 0 Å². The Morgan fingerprint density at radius 2 is 2.05 bits per heavy atom. The van der Waals surface area contributed by atoms with Gasteiger partial charge in [0.25, 0.3) is 0 Å². The summed E-state index contributed by atoms with van der Waals surface area (Å²) < 4.78 is 33.4. The molecule has 0 aromatic carbocycles. The summed E-state index contributed by atoms with van der Waals surface area (Å²) in [6, 6.07) is 0. The minimum absolute atomic E-state index is 0.114. The SMILES string of the molecule is CCC(C)(C)C(=O)OCC(CC1CCS(=O)(=O)C1)OC. The summed E-state index contributed by atoms with van der Waals surface area (Å²) in [6.45, 7) is 5.83. The van der Waals surface area contributed by atoms with E-state index in [0.717, 1.165) is 0 Å². The zero-order valence-corrected chi connectivity index (χ0v) is 13.7. The first-order valence-corrected chi connectivity index (χ1v) is 8.92. The van der Waals surface area contributed by atoms with Gasteiger partial charge in [-0.05, 0) is 39.0 Å². The highest BCUT2D eigenvalue weighted by molar-refractivity contribution is 7.91. The molecule has 1 saturated heterocycles. The van der Waals surface area contributed by atoms with Gasteiger partial charge in [0.05, 0.1) is 23.0 Å². The fourth-order valence-corrected chi connectivity index (χ4v) is 4.05. The number of methoxy groups -OCH3 is 1. The second-order valence-corrected chi connectivity index (χ2v) is 8.43. The molecule has 0 amide bonds. The largest absolute Gasteiger partial charge is 0.463 e. The summed E-state index contributed by atoms with van der Waals surface area (Å²) in [5, 5.41) is 0. The maximum absolute atomic E-state index is 11.9. The average Bonchev–Trinajstić information content (AvgIpc) is 2.73. The first-order valence-electron chi connectivity index (χ1n) is 7.10. The Balaban J connectivity index is 2.43. The van der Waals surface area contributed by atoms with Crippen molar-refractivity contribution in [2.45, 2.75) is 46.1 Å². The van der Waals surface area contributed by atoms with Crippen molar-refractivity contribution in [3.05, 3.63) is 0 Å². The van der Waals surface area contributed by atoms with Gasteiger partial charge in [0.15, 0.2) is 9.84 Å². The summed E-state index contributed by atoms with van der Waals surface area (Å²) in [6.07, 6.45) is 1.78. The molecule has 0 saturated carbocycles. The van der Waals surface area contributed by atoms with E-state index in [9.17, 15) is 13.2 Å². The van der Waals surface area contributed by atoms with Gasteiger partial charge in [0.1, 0.15) is 6.61 Å². The van der Waals surface area contributed by atoms with E-state index in [1.54, 1.807) is 7.11 Å². The third-order valence-corrected chi connectivity index (χ3v) is 5.93. The summed E-state index contributed by atoms with van der Waals surface area (Å²) >= 11 is 0. The molecule has 118 valence electrons. The van der Waals surface area contributed by atoms with Crippen molar-refractivity contribution in [2.24, 2.45) is 11.3 Å². The van der Waals surface area contributed by atoms with Gasteiger partial charge in [-0.25, -0.2) is 8.42 Å². The van der Waals surface area contributed by atoms with E-state index in [-0.39, 0.29) is 36.1 Å². The molecule has 0 radical (unpaired) electrons. The molecule has 0 N–H and O–H groups in total. The molecule has 0 aromatic rings. The number of hydrogen-bond donors (Lipinski definition) is 0. The number of ether oxygens (including phenoxy) is 2. The van der Waals surface area contributed by atoms with Crippen LogP contribution in [0.5, 0.6) is 0 Å². The highest BCUT2D eigenvalue weighted by atomic mass is 32.2. The molecule has 0 spiro atoms. The Kier molecular flexibility index (Phi) is 6.01. The Labute approximate surface area is 121 Å². The van der Waals surface area contributed by atoms with E-state index in [0.29, 0.717) is 19.3 Å². The lowest BCUT2D eigenvalue weighted by molar-refractivity contribution is -0.158. The smallest absolute Gasteiger partial charge is 0.311 e. The molecule has 1 aliphatic heterocycles. The number of carbonyl (C=O) groups excluding carboxylic acids is 1. The number of esters is 1. The minimum Gasteiger partial charge on any atom is -0.463 e. The highest BCUT2D eigenvalue weighted by Gasteiger charge is 2.31. The lowest BCUT2D eigenvalue weighted by atomic mass is 9.91. The third-order valence-electron chi connectivity index (χ3n) is 4.09. The summed E-state index contributed by atoms with van der Waals surface area (Å²) in [7, 11) is -1.31. The van der Waals surface area contributed by atoms with Crippen molar-refractivity contribution < 1.29 is 22.7 Å². The molecule has 0 aliphatic carbocycles. The number of carbonyl (C=O) groups is 1. The van der Waals surface area contributed by atoms with E-state index in [2.05, 4.69) is 0 Å². The summed E-state index contributed by atoms with van der Waals surface area (Å²) in [5.41, 5.74) is -0.491. The molecular weight excluding hydrogens is 280 g/mol. The number of sulfone groups is 1. The van der Waals surface area contributed by atoms with Gasteiger partial charge < -0.3 is 9.47 Å². The molecule has 1 heterocycles. The molecular formula is C14H26O5S. The zero-order chi connectivity index (χ0) is 15.4. The van der Waals surface area contributed by atoms with Crippen LogP contribution in [-0.2, 0) is 24.1 Å². The van der Waals surface area contributed by atoms with E-state index in [4.69, 9.17) is 9.47 Å². The van der Waals surface area contributed by atoms with Gasteiger partial charge in [0, 0.05) is 7.11 Å². The Hall–Kier alpha value is -0.620. The molecule has 6 heteroatoms. The van der Waals surface area contributed by atoms with Crippen LogP contribution in [0.4, 0.5) is 0 Å². The van der Waals surface area contributed by atoms with Crippen LogP contribution in [0.2, 0.25) is 0 Å². The fourth-order valence-electron chi connectivity index (χ4n) is 2.17. The van der Waals surface area contributed by atoms with Crippen LogP contribution in [0.15, 0.2) is 0 Å². The van der Waals surface area contributed by atoms with Crippen LogP contribution >= 0.6 is 0 Å². The number of hydrogen-bond acceptors (Lipinski definition) is 5. The van der Waals surface area contributed by atoms with E-state index < -0.39 is 15.3 Å². The van der Waals surface area contributed by atoms with Crippen molar-refractivity contribution in [3.8, 4) is 0 Å². The van der Waals surface area contributed by atoms with E-state index in [1.165, 1.54) is 0 Å². The van der Waals surface area contributed by atoms with Crippen LogP contribution in [0.1, 0.15) is 40.0 Å². The van der Waals surface area contributed by atoms with Crippen LogP contribution in [0.3, 0.4) is 0 Å². The van der Waals surface area contributed by atoms with Crippen LogP contribution < -0.4 is 0 Å². The molecule has 1 aliphatic rings. The monoisotopic (exact) mass is 306 g/mol. The van der Waals surface area contributed by atoms with Gasteiger partial charge in [-0.1, -0.05) is 6.92 Å². The minimum atomic E-state index is -2.87. The standard InChI is InChI=1S/C14H26O5S/c1-5-14(2,3)13(15)19-9-12(18-4)8-11-6-7-20(16,17)10-11/h11-12H,5-10H2,1-4H3. The first-order chi connectivity index (χ1) is 9.20. The van der Waals surface area contributed by atoms with Gasteiger partial charge >= 0.3 is 5.97 Å². The predicted molar refractivity (Wildman–Crippen MR) is 77.2 cm³/mol. The number of rotatable bonds is 7. The quantitative estimate of drug-likeness (QED) is 0.671. The predicted octanol–water partition coefficient (Wildman–Crippen LogP) is 1.81. The molecule has 2 atom stereocenters. The topological polar surface area (TPSA) is 69.7 Å². The third kappa shape index (κ3) is 5.05. The molecule has 5 nitrogen and oxygen atoms in total. The van der Waals surface area contributed by atoms with Crippen molar-refractivity contribution in [2.75, 3.05) is 25.2 Å². The highest BCUT2D eigenvalue weighted by Crippen LogP contribution is 2.25. The van der Waals surface area contributed by atoms with Crippen LogP contribution in [0.25, 0.3) is 0 Å². The molecule has 2 unspecified atom stereocenters. The summed E-state index contributed by atoms with van der Waals surface area (Å²) in [4.78, 5) is 11.9. The second kappa shape index (κ2) is 6.89. The Morgan fingerprint density at radius 1 is 1.40 bits per heavy atom. The van der Waals surface area contributed by atoms with Crippen LogP contribution in [0, 0.1) is 11.3 Å². The maximum Gasteiger partial charge on any atom is 0.311 e. The fraction of sp³-hybridized carbons (Fsp3) is 0.929. The summed E-state index contributed by atoms with van der Waals surface area (Å²) in [5.74, 6) is 0.363. The maximum atomic E-state index is 11.9. The van der Waals surface area contributed by atoms with Crippen LogP contribution in [-0.4, -0.2) is 45.7 Å². The molecule has 1 rings (SSSR count). The zero-order valence-electron chi connectivity index (χ0n) is 12.8. The molecule has 0 bridgehead atoms. The van der Waals surface area contributed by atoms with Crippen molar-refractivity contribution in [1.82, 2.24) is 0 Å². The Bertz CT molecular complexity index is 427.